The second kappa shape index (κ2) is 7.82. The number of carbonyl (C=O) groups excluding carboxylic acids is 1. The van der Waals surface area contributed by atoms with Gasteiger partial charge in [0.15, 0.2) is 0 Å². The standard InChI is InChI=1S/C20H20FN3O2/c1-14-4-3-5-17(12-14)24-15(2)19(13-23-24)20(25)22-10-11-26-18-8-6-16(21)7-9-18/h3-9,12-13H,10-11H2,1-2H3,(H,22,25). The van der Waals surface area contributed by atoms with Crippen molar-refractivity contribution >= 4 is 5.91 Å². The maximum atomic E-state index is 12.8. The van der Waals surface area contributed by atoms with Gasteiger partial charge in [-0.1, -0.05) is 12.1 Å². The molecule has 3 aromatic rings. The summed E-state index contributed by atoms with van der Waals surface area (Å²) in [6.45, 7) is 4.50. The molecular weight excluding hydrogens is 333 g/mol. The maximum absolute atomic E-state index is 12.8. The van der Waals surface area contributed by atoms with E-state index in [2.05, 4.69) is 10.4 Å². The molecular formula is C20H20FN3O2. The van der Waals surface area contributed by atoms with Crippen molar-refractivity contribution in [1.82, 2.24) is 15.1 Å². The molecule has 0 unspecified atom stereocenters. The van der Waals surface area contributed by atoms with Crippen LogP contribution < -0.4 is 10.1 Å². The van der Waals surface area contributed by atoms with E-state index in [1.54, 1.807) is 23.0 Å². The van der Waals surface area contributed by atoms with E-state index >= 15 is 0 Å². The highest BCUT2D eigenvalue weighted by Gasteiger charge is 2.14. The van der Waals surface area contributed by atoms with Crippen molar-refractivity contribution < 1.29 is 13.9 Å². The van der Waals surface area contributed by atoms with Gasteiger partial charge in [-0.15, -0.1) is 0 Å². The van der Waals surface area contributed by atoms with Gasteiger partial charge in [0.05, 0.1) is 29.7 Å². The van der Waals surface area contributed by atoms with Crippen LogP contribution in [0.1, 0.15) is 21.6 Å². The lowest BCUT2D eigenvalue weighted by atomic mass is 10.2. The third kappa shape index (κ3) is 4.08. The largest absolute Gasteiger partial charge is 0.492 e. The van der Waals surface area contributed by atoms with Crippen LogP contribution in [0.5, 0.6) is 5.75 Å². The third-order valence-electron chi connectivity index (χ3n) is 3.97. The van der Waals surface area contributed by atoms with Gasteiger partial charge in [0.1, 0.15) is 18.2 Å². The predicted molar refractivity (Wildman–Crippen MR) is 97.3 cm³/mol. The average Bonchev–Trinajstić information content (AvgIpc) is 3.01. The molecule has 0 saturated heterocycles. The maximum Gasteiger partial charge on any atom is 0.254 e. The number of aromatic nitrogens is 2. The summed E-state index contributed by atoms with van der Waals surface area (Å²) in [6.07, 6.45) is 1.56. The Balaban J connectivity index is 1.57. The number of benzene rings is 2. The molecule has 0 fully saturated rings. The van der Waals surface area contributed by atoms with Gasteiger partial charge >= 0.3 is 0 Å². The zero-order chi connectivity index (χ0) is 18.5. The SMILES string of the molecule is Cc1cccc(-n2ncc(C(=O)NCCOc3ccc(F)cc3)c2C)c1. The monoisotopic (exact) mass is 353 g/mol. The Morgan fingerprint density at radius 3 is 2.69 bits per heavy atom. The highest BCUT2D eigenvalue weighted by molar-refractivity contribution is 5.95. The van der Waals surface area contributed by atoms with E-state index in [1.807, 2.05) is 38.1 Å². The molecule has 6 heteroatoms. The van der Waals surface area contributed by atoms with Gasteiger partial charge in [0.2, 0.25) is 0 Å². The van der Waals surface area contributed by atoms with E-state index in [0.717, 1.165) is 16.9 Å². The van der Waals surface area contributed by atoms with Crippen molar-refractivity contribution in [3.63, 3.8) is 0 Å². The molecule has 0 aliphatic carbocycles. The third-order valence-corrected chi connectivity index (χ3v) is 3.97. The van der Waals surface area contributed by atoms with Crippen LogP contribution in [0.15, 0.2) is 54.7 Å². The van der Waals surface area contributed by atoms with Crippen LogP contribution in [0.4, 0.5) is 4.39 Å². The van der Waals surface area contributed by atoms with Crippen molar-refractivity contribution in [3.05, 3.63) is 77.4 Å². The van der Waals surface area contributed by atoms with Crippen LogP contribution in [-0.2, 0) is 0 Å². The molecule has 0 bridgehead atoms. The molecule has 1 N–H and O–H groups in total. The zero-order valence-electron chi connectivity index (χ0n) is 14.7. The summed E-state index contributed by atoms with van der Waals surface area (Å²) in [5, 5.41) is 7.13. The second-order valence-corrected chi connectivity index (χ2v) is 5.95. The summed E-state index contributed by atoms with van der Waals surface area (Å²) in [5.41, 5.74) is 3.34. The van der Waals surface area contributed by atoms with Gasteiger partial charge in [-0.05, 0) is 55.8 Å². The van der Waals surface area contributed by atoms with E-state index in [-0.39, 0.29) is 11.7 Å². The lowest BCUT2D eigenvalue weighted by Crippen LogP contribution is -2.28. The molecule has 1 amide bonds. The Bertz CT molecular complexity index is 904. The Labute approximate surface area is 151 Å². The van der Waals surface area contributed by atoms with E-state index in [4.69, 9.17) is 4.74 Å². The fourth-order valence-corrected chi connectivity index (χ4v) is 2.61. The number of nitrogens with zero attached hydrogens (tertiary/aromatic N) is 2. The Morgan fingerprint density at radius 1 is 1.19 bits per heavy atom. The fourth-order valence-electron chi connectivity index (χ4n) is 2.61. The summed E-state index contributed by atoms with van der Waals surface area (Å²) in [5.74, 6) is 0.0416. The van der Waals surface area contributed by atoms with Gasteiger partial charge in [-0.3, -0.25) is 4.79 Å². The first-order valence-corrected chi connectivity index (χ1v) is 8.33. The number of hydrogen-bond acceptors (Lipinski definition) is 3. The predicted octanol–water partition coefficient (Wildman–Crippen LogP) is 3.44. The minimum Gasteiger partial charge on any atom is -0.492 e. The first-order chi connectivity index (χ1) is 12.5. The lowest BCUT2D eigenvalue weighted by Gasteiger charge is -2.08. The second-order valence-electron chi connectivity index (χ2n) is 5.95. The van der Waals surface area contributed by atoms with E-state index in [9.17, 15) is 9.18 Å². The number of carbonyl (C=O) groups is 1. The molecule has 3 rings (SSSR count). The lowest BCUT2D eigenvalue weighted by molar-refractivity contribution is 0.0946. The Morgan fingerprint density at radius 2 is 1.96 bits per heavy atom. The minimum absolute atomic E-state index is 0.205. The summed E-state index contributed by atoms with van der Waals surface area (Å²) in [4.78, 5) is 12.4. The first kappa shape index (κ1) is 17.7. The number of ether oxygens (including phenoxy) is 1. The van der Waals surface area contributed by atoms with Crippen LogP contribution in [0.2, 0.25) is 0 Å². The van der Waals surface area contributed by atoms with Crippen LogP contribution in [-0.4, -0.2) is 28.8 Å². The molecule has 1 aromatic heterocycles. The topological polar surface area (TPSA) is 56.2 Å². The number of aryl methyl sites for hydroxylation is 1. The molecule has 1 heterocycles. The van der Waals surface area contributed by atoms with E-state index < -0.39 is 0 Å². The zero-order valence-corrected chi connectivity index (χ0v) is 14.7. The minimum atomic E-state index is -0.313. The fraction of sp³-hybridized carbons (Fsp3) is 0.200. The van der Waals surface area contributed by atoms with Gasteiger partial charge in [0.25, 0.3) is 5.91 Å². The van der Waals surface area contributed by atoms with Crippen LogP contribution in [0.25, 0.3) is 5.69 Å². The summed E-state index contributed by atoms with van der Waals surface area (Å²) < 4.78 is 20.0. The summed E-state index contributed by atoms with van der Waals surface area (Å²) in [6, 6.07) is 13.7. The first-order valence-electron chi connectivity index (χ1n) is 8.33. The molecule has 0 saturated carbocycles. The Hall–Kier alpha value is -3.15. The molecule has 0 spiro atoms. The van der Waals surface area contributed by atoms with E-state index in [1.165, 1.54) is 12.1 Å². The summed E-state index contributed by atoms with van der Waals surface area (Å²) >= 11 is 0. The smallest absolute Gasteiger partial charge is 0.254 e. The highest BCUT2D eigenvalue weighted by Crippen LogP contribution is 2.15. The Kier molecular flexibility index (Phi) is 5.31. The quantitative estimate of drug-likeness (QED) is 0.691. The van der Waals surface area contributed by atoms with Gasteiger partial charge in [0, 0.05) is 0 Å². The molecule has 2 aromatic carbocycles. The number of hydrogen-bond donors (Lipinski definition) is 1. The van der Waals surface area contributed by atoms with Crippen LogP contribution >= 0.6 is 0 Å². The molecule has 134 valence electrons. The van der Waals surface area contributed by atoms with Gasteiger partial charge in [-0.2, -0.15) is 5.10 Å². The van der Waals surface area contributed by atoms with Gasteiger partial charge < -0.3 is 10.1 Å². The molecule has 26 heavy (non-hydrogen) atoms. The number of nitrogens with one attached hydrogen (secondary N) is 1. The average molecular weight is 353 g/mol. The summed E-state index contributed by atoms with van der Waals surface area (Å²) in [7, 11) is 0. The van der Waals surface area contributed by atoms with Crippen molar-refractivity contribution in [2.45, 2.75) is 13.8 Å². The van der Waals surface area contributed by atoms with Crippen molar-refractivity contribution in [1.29, 1.82) is 0 Å². The van der Waals surface area contributed by atoms with E-state index in [0.29, 0.717) is 24.5 Å². The van der Waals surface area contributed by atoms with Crippen LogP contribution in [0, 0.1) is 19.7 Å². The molecule has 5 nitrogen and oxygen atoms in total. The normalized spacial score (nSPS) is 10.6. The molecule has 0 aliphatic rings. The molecule has 0 atom stereocenters. The van der Waals surface area contributed by atoms with Crippen molar-refractivity contribution in [2.24, 2.45) is 0 Å². The van der Waals surface area contributed by atoms with Crippen molar-refractivity contribution in [2.75, 3.05) is 13.2 Å². The number of amides is 1. The molecule has 0 radical (unpaired) electrons. The van der Waals surface area contributed by atoms with Crippen molar-refractivity contribution in [3.8, 4) is 11.4 Å². The number of rotatable bonds is 6. The highest BCUT2D eigenvalue weighted by atomic mass is 19.1. The number of halogens is 1. The van der Waals surface area contributed by atoms with Gasteiger partial charge in [-0.25, -0.2) is 9.07 Å². The molecule has 0 aliphatic heterocycles. The van der Waals surface area contributed by atoms with Crippen LogP contribution in [0.3, 0.4) is 0 Å².